The molecule has 1 aromatic heterocycles. The Bertz CT molecular complexity index is 972. The first kappa shape index (κ1) is 23.8. The molecule has 0 bridgehead atoms. The SMILES string of the molecule is CCCC(O)CN(CCC)Cc1c(-c2ccccc2)nn(C)c1Oc1ccccc1OC. The highest BCUT2D eigenvalue weighted by Gasteiger charge is 2.23. The van der Waals surface area contributed by atoms with Crippen molar-refractivity contribution in [2.45, 2.75) is 45.8 Å². The summed E-state index contributed by atoms with van der Waals surface area (Å²) in [4.78, 5) is 2.29. The van der Waals surface area contributed by atoms with Crippen LogP contribution in [0.3, 0.4) is 0 Å². The molecule has 0 aliphatic rings. The Balaban J connectivity index is 2.02. The van der Waals surface area contributed by atoms with Crippen molar-refractivity contribution in [1.82, 2.24) is 14.7 Å². The molecule has 6 nitrogen and oxygen atoms in total. The van der Waals surface area contributed by atoms with Gasteiger partial charge in [-0.3, -0.25) is 4.90 Å². The van der Waals surface area contributed by atoms with E-state index in [1.807, 2.05) is 49.5 Å². The van der Waals surface area contributed by atoms with E-state index in [1.165, 1.54) is 0 Å². The van der Waals surface area contributed by atoms with Gasteiger partial charge < -0.3 is 14.6 Å². The number of methoxy groups -OCH3 is 1. The largest absolute Gasteiger partial charge is 0.493 e. The van der Waals surface area contributed by atoms with Gasteiger partial charge in [0.2, 0.25) is 5.88 Å². The van der Waals surface area contributed by atoms with E-state index in [2.05, 4.69) is 30.9 Å². The molecule has 172 valence electrons. The van der Waals surface area contributed by atoms with Crippen LogP contribution in [-0.2, 0) is 13.6 Å². The Hall–Kier alpha value is -2.83. The number of aliphatic hydroxyl groups is 1. The molecule has 6 heteroatoms. The standard InChI is InChI=1S/C26H35N3O3/c1-5-12-21(30)18-29(17-6-2)19-22-25(20-13-8-7-9-14-20)27-28(3)26(22)32-24-16-11-10-15-23(24)31-4/h7-11,13-16,21,30H,5-6,12,17-19H2,1-4H3. The molecule has 0 aliphatic heterocycles. The first-order valence-electron chi connectivity index (χ1n) is 11.4. The third kappa shape index (κ3) is 5.90. The number of hydrogen-bond donors (Lipinski definition) is 1. The number of benzene rings is 2. The second kappa shape index (κ2) is 11.7. The van der Waals surface area contributed by atoms with E-state index >= 15 is 0 Å². The van der Waals surface area contributed by atoms with E-state index in [4.69, 9.17) is 14.6 Å². The molecule has 0 saturated carbocycles. The number of aliphatic hydroxyl groups excluding tert-OH is 1. The van der Waals surface area contributed by atoms with Gasteiger partial charge in [0, 0.05) is 25.7 Å². The van der Waals surface area contributed by atoms with Crippen LogP contribution in [0.2, 0.25) is 0 Å². The number of rotatable bonds is 12. The summed E-state index contributed by atoms with van der Waals surface area (Å²) in [6.45, 7) is 6.40. The highest BCUT2D eigenvalue weighted by atomic mass is 16.5. The summed E-state index contributed by atoms with van der Waals surface area (Å²) in [6, 6.07) is 17.8. The molecule has 0 saturated heterocycles. The van der Waals surface area contributed by atoms with Crippen LogP contribution in [0, 0.1) is 0 Å². The fourth-order valence-corrected chi connectivity index (χ4v) is 3.96. The lowest BCUT2D eigenvalue weighted by Crippen LogP contribution is -2.32. The molecular weight excluding hydrogens is 402 g/mol. The maximum Gasteiger partial charge on any atom is 0.222 e. The number of aryl methyl sites for hydroxylation is 1. The molecule has 0 fully saturated rings. The van der Waals surface area contributed by atoms with Crippen LogP contribution in [0.4, 0.5) is 0 Å². The minimum absolute atomic E-state index is 0.345. The van der Waals surface area contributed by atoms with Gasteiger partial charge in [0.25, 0.3) is 0 Å². The Labute approximate surface area is 191 Å². The normalized spacial score (nSPS) is 12.2. The number of hydrogen-bond acceptors (Lipinski definition) is 5. The second-order valence-corrected chi connectivity index (χ2v) is 8.05. The molecule has 0 radical (unpaired) electrons. The van der Waals surface area contributed by atoms with E-state index in [1.54, 1.807) is 11.8 Å². The highest BCUT2D eigenvalue weighted by Crippen LogP contribution is 2.37. The minimum Gasteiger partial charge on any atom is -0.493 e. The average molecular weight is 438 g/mol. The number of para-hydroxylation sites is 2. The van der Waals surface area contributed by atoms with Crippen molar-refractivity contribution in [3.8, 4) is 28.6 Å². The van der Waals surface area contributed by atoms with Crippen LogP contribution in [0.25, 0.3) is 11.3 Å². The molecule has 3 rings (SSSR count). The lowest BCUT2D eigenvalue weighted by molar-refractivity contribution is 0.100. The molecule has 1 N–H and O–H groups in total. The molecule has 3 aromatic rings. The fraction of sp³-hybridized carbons (Fsp3) is 0.423. The molecule has 0 aliphatic carbocycles. The Morgan fingerprint density at radius 2 is 1.69 bits per heavy atom. The van der Waals surface area contributed by atoms with Gasteiger partial charge in [-0.05, 0) is 31.5 Å². The lowest BCUT2D eigenvalue weighted by atomic mass is 10.1. The van der Waals surface area contributed by atoms with Crippen molar-refractivity contribution >= 4 is 0 Å². The van der Waals surface area contributed by atoms with Crippen molar-refractivity contribution in [1.29, 1.82) is 0 Å². The summed E-state index contributed by atoms with van der Waals surface area (Å²) in [6.07, 6.45) is 2.42. The Morgan fingerprint density at radius 3 is 2.34 bits per heavy atom. The fourth-order valence-electron chi connectivity index (χ4n) is 3.96. The number of nitrogens with zero attached hydrogens (tertiary/aromatic N) is 3. The average Bonchev–Trinajstić information content (AvgIpc) is 3.10. The summed E-state index contributed by atoms with van der Waals surface area (Å²) in [7, 11) is 3.54. The van der Waals surface area contributed by atoms with Crippen LogP contribution in [0.15, 0.2) is 54.6 Å². The lowest BCUT2D eigenvalue weighted by Gasteiger charge is -2.25. The van der Waals surface area contributed by atoms with Crippen LogP contribution in [-0.4, -0.2) is 46.1 Å². The van der Waals surface area contributed by atoms with E-state index in [9.17, 15) is 5.11 Å². The molecule has 1 unspecified atom stereocenters. The van der Waals surface area contributed by atoms with Crippen LogP contribution in [0.5, 0.6) is 17.4 Å². The van der Waals surface area contributed by atoms with Crippen LogP contribution in [0.1, 0.15) is 38.7 Å². The van der Waals surface area contributed by atoms with Gasteiger partial charge in [-0.25, -0.2) is 4.68 Å². The van der Waals surface area contributed by atoms with Gasteiger partial charge in [-0.15, -0.1) is 0 Å². The minimum atomic E-state index is -0.345. The Kier molecular flexibility index (Phi) is 8.71. The van der Waals surface area contributed by atoms with Crippen LogP contribution < -0.4 is 9.47 Å². The van der Waals surface area contributed by atoms with Gasteiger partial charge in [-0.1, -0.05) is 62.7 Å². The first-order valence-corrected chi connectivity index (χ1v) is 11.4. The van der Waals surface area contributed by atoms with Crippen molar-refractivity contribution in [3.63, 3.8) is 0 Å². The summed E-state index contributed by atoms with van der Waals surface area (Å²) in [5.41, 5.74) is 2.93. The maximum absolute atomic E-state index is 10.5. The highest BCUT2D eigenvalue weighted by molar-refractivity contribution is 5.65. The van der Waals surface area contributed by atoms with Crippen molar-refractivity contribution in [3.05, 3.63) is 60.2 Å². The van der Waals surface area contributed by atoms with Gasteiger partial charge in [-0.2, -0.15) is 5.10 Å². The van der Waals surface area contributed by atoms with E-state index in [0.717, 1.165) is 42.6 Å². The van der Waals surface area contributed by atoms with Crippen LogP contribution >= 0.6 is 0 Å². The van der Waals surface area contributed by atoms with E-state index in [-0.39, 0.29) is 6.10 Å². The van der Waals surface area contributed by atoms with Gasteiger partial charge >= 0.3 is 0 Å². The third-order valence-electron chi connectivity index (χ3n) is 5.42. The molecule has 2 aromatic carbocycles. The summed E-state index contributed by atoms with van der Waals surface area (Å²) in [5, 5.41) is 15.3. The van der Waals surface area contributed by atoms with Gasteiger partial charge in [0.1, 0.15) is 5.69 Å². The third-order valence-corrected chi connectivity index (χ3v) is 5.42. The first-order chi connectivity index (χ1) is 15.6. The maximum atomic E-state index is 10.5. The van der Waals surface area contributed by atoms with Crippen molar-refractivity contribution in [2.24, 2.45) is 7.05 Å². The second-order valence-electron chi connectivity index (χ2n) is 8.05. The van der Waals surface area contributed by atoms with Crippen molar-refractivity contribution in [2.75, 3.05) is 20.2 Å². The Morgan fingerprint density at radius 1 is 1.00 bits per heavy atom. The predicted molar refractivity (Wildman–Crippen MR) is 128 cm³/mol. The number of ether oxygens (including phenoxy) is 2. The smallest absolute Gasteiger partial charge is 0.222 e. The molecule has 0 amide bonds. The summed E-state index contributed by atoms with van der Waals surface area (Å²) < 4.78 is 13.7. The molecule has 1 heterocycles. The zero-order valence-electron chi connectivity index (χ0n) is 19.6. The molecule has 0 spiro atoms. The molecular formula is C26H35N3O3. The molecule has 32 heavy (non-hydrogen) atoms. The molecule has 1 atom stereocenters. The quantitative estimate of drug-likeness (QED) is 0.419. The van der Waals surface area contributed by atoms with Crippen molar-refractivity contribution < 1.29 is 14.6 Å². The number of aromatic nitrogens is 2. The summed E-state index contributed by atoms with van der Waals surface area (Å²) in [5.74, 6) is 2.00. The predicted octanol–water partition coefficient (Wildman–Crippen LogP) is 5.26. The van der Waals surface area contributed by atoms with E-state index in [0.29, 0.717) is 30.5 Å². The van der Waals surface area contributed by atoms with Gasteiger partial charge in [0.05, 0.1) is 18.8 Å². The van der Waals surface area contributed by atoms with E-state index < -0.39 is 0 Å². The zero-order valence-corrected chi connectivity index (χ0v) is 19.6. The topological polar surface area (TPSA) is 59.8 Å². The summed E-state index contributed by atoms with van der Waals surface area (Å²) >= 11 is 0. The monoisotopic (exact) mass is 437 g/mol. The van der Waals surface area contributed by atoms with Gasteiger partial charge in [0.15, 0.2) is 11.5 Å². The zero-order chi connectivity index (χ0) is 22.9.